The Balaban J connectivity index is 2.38. The van der Waals surface area contributed by atoms with Gasteiger partial charge in [0.15, 0.2) is 4.84 Å². The summed E-state index contributed by atoms with van der Waals surface area (Å²) < 4.78 is 10.6. The highest BCUT2D eigenvalue weighted by Crippen LogP contribution is 2.39. The first-order valence-electron chi connectivity index (χ1n) is 4.10. The van der Waals surface area contributed by atoms with Gasteiger partial charge in [0.05, 0.1) is 0 Å². The first-order valence-corrected chi connectivity index (χ1v) is 4.97. The maximum Gasteiger partial charge on any atom is 0.307 e. The third-order valence-electron chi connectivity index (χ3n) is 2.01. The molecule has 2 rings (SSSR count). The van der Waals surface area contributed by atoms with Crippen LogP contribution in [0.4, 0.5) is 0 Å². The largest absolute Gasteiger partial charge is 0.450 e. The second kappa shape index (κ2) is 3.71. The number of benzene rings is 1. The van der Waals surface area contributed by atoms with E-state index in [-0.39, 0.29) is 0 Å². The maximum atomic E-state index is 5.85. The summed E-state index contributed by atoms with van der Waals surface area (Å²) in [6.07, 6.45) is 2.87. The molecule has 0 amide bonds. The second-order valence-electron chi connectivity index (χ2n) is 2.84. The molecule has 0 aliphatic carbocycles. The van der Waals surface area contributed by atoms with Crippen LogP contribution in [0, 0.1) is 0 Å². The van der Waals surface area contributed by atoms with E-state index in [0.29, 0.717) is 0 Å². The number of halogens is 2. The molecular formula is C10H8Cl2O2. The Bertz CT molecular complexity index is 327. The highest BCUT2D eigenvalue weighted by Gasteiger charge is 2.44. The van der Waals surface area contributed by atoms with Crippen LogP contribution in [-0.2, 0) is 15.3 Å². The topological polar surface area (TPSA) is 18.5 Å². The molecule has 14 heavy (non-hydrogen) atoms. The standard InChI is InChI=1S/C10H8Cl2O2/c11-9(12)10(13-6-7-14-10)8-4-2-1-3-5-8/h1-7,9H. The summed E-state index contributed by atoms with van der Waals surface area (Å²) in [4.78, 5) is -0.792. The highest BCUT2D eigenvalue weighted by molar-refractivity contribution is 6.45. The molecule has 74 valence electrons. The first kappa shape index (κ1) is 9.69. The Morgan fingerprint density at radius 3 is 2.07 bits per heavy atom. The molecule has 0 spiro atoms. The molecule has 0 fully saturated rings. The van der Waals surface area contributed by atoms with Crippen molar-refractivity contribution in [3.8, 4) is 0 Å². The van der Waals surface area contributed by atoms with Crippen molar-refractivity contribution in [2.45, 2.75) is 10.6 Å². The van der Waals surface area contributed by atoms with Crippen molar-refractivity contribution in [3.05, 3.63) is 48.4 Å². The van der Waals surface area contributed by atoms with Crippen molar-refractivity contribution in [1.29, 1.82) is 0 Å². The average Bonchev–Trinajstić information content (AvgIpc) is 2.69. The van der Waals surface area contributed by atoms with Crippen molar-refractivity contribution >= 4 is 23.2 Å². The molecule has 0 saturated carbocycles. The molecule has 0 radical (unpaired) electrons. The van der Waals surface area contributed by atoms with E-state index >= 15 is 0 Å². The minimum absolute atomic E-state index is 0.792. The molecule has 2 nitrogen and oxygen atoms in total. The van der Waals surface area contributed by atoms with Crippen LogP contribution in [0.1, 0.15) is 5.56 Å². The predicted octanol–water partition coefficient (Wildman–Crippen LogP) is 3.16. The fourth-order valence-electron chi connectivity index (χ4n) is 1.32. The van der Waals surface area contributed by atoms with Crippen LogP contribution in [0.5, 0.6) is 0 Å². The van der Waals surface area contributed by atoms with Gasteiger partial charge in [-0.1, -0.05) is 53.5 Å². The van der Waals surface area contributed by atoms with Crippen molar-refractivity contribution < 1.29 is 9.47 Å². The zero-order chi connectivity index (χ0) is 10.0. The first-order chi connectivity index (χ1) is 6.76. The summed E-state index contributed by atoms with van der Waals surface area (Å²) in [6.45, 7) is 0. The van der Waals surface area contributed by atoms with E-state index < -0.39 is 10.6 Å². The molecule has 0 bridgehead atoms. The van der Waals surface area contributed by atoms with E-state index in [1.165, 1.54) is 12.5 Å². The molecule has 0 aromatic heterocycles. The molecule has 0 N–H and O–H groups in total. The SMILES string of the molecule is ClC(Cl)C1(c2ccccc2)OC=CO1. The maximum absolute atomic E-state index is 5.85. The molecule has 0 atom stereocenters. The average molecular weight is 231 g/mol. The molecule has 1 aliphatic rings. The van der Waals surface area contributed by atoms with E-state index in [4.69, 9.17) is 32.7 Å². The summed E-state index contributed by atoms with van der Waals surface area (Å²) in [5.74, 6) is -1.09. The minimum Gasteiger partial charge on any atom is -0.450 e. The van der Waals surface area contributed by atoms with E-state index in [0.717, 1.165) is 5.56 Å². The lowest BCUT2D eigenvalue weighted by atomic mass is 10.1. The zero-order valence-corrected chi connectivity index (χ0v) is 8.70. The van der Waals surface area contributed by atoms with Crippen LogP contribution in [-0.4, -0.2) is 4.84 Å². The quantitative estimate of drug-likeness (QED) is 0.728. The van der Waals surface area contributed by atoms with Crippen molar-refractivity contribution in [1.82, 2.24) is 0 Å². The molecule has 0 unspecified atom stereocenters. The second-order valence-corrected chi connectivity index (χ2v) is 3.94. The number of hydrogen-bond acceptors (Lipinski definition) is 2. The smallest absolute Gasteiger partial charge is 0.307 e. The zero-order valence-electron chi connectivity index (χ0n) is 7.19. The lowest BCUT2D eigenvalue weighted by molar-refractivity contribution is -0.137. The summed E-state index contributed by atoms with van der Waals surface area (Å²) in [6, 6.07) is 9.35. The summed E-state index contributed by atoms with van der Waals surface area (Å²) in [5.41, 5.74) is 0.792. The Labute approximate surface area is 92.0 Å². The molecule has 0 saturated heterocycles. The van der Waals surface area contributed by atoms with Gasteiger partial charge in [0.2, 0.25) is 0 Å². The van der Waals surface area contributed by atoms with Crippen LogP contribution in [0.3, 0.4) is 0 Å². The van der Waals surface area contributed by atoms with Crippen LogP contribution < -0.4 is 0 Å². The highest BCUT2D eigenvalue weighted by atomic mass is 35.5. The van der Waals surface area contributed by atoms with E-state index in [2.05, 4.69) is 0 Å². The summed E-state index contributed by atoms with van der Waals surface area (Å²) >= 11 is 11.7. The van der Waals surface area contributed by atoms with E-state index in [1.54, 1.807) is 0 Å². The van der Waals surface area contributed by atoms with Gasteiger partial charge in [-0.15, -0.1) is 0 Å². The molecule has 1 heterocycles. The summed E-state index contributed by atoms with van der Waals surface area (Å²) in [5, 5.41) is 0. The number of rotatable bonds is 2. The summed E-state index contributed by atoms with van der Waals surface area (Å²) in [7, 11) is 0. The lowest BCUT2D eigenvalue weighted by Crippen LogP contribution is -2.34. The van der Waals surface area contributed by atoms with Crippen LogP contribution in [0.2, 0.25) is 0 Å². The predicted molar refractivity (Wildman–Crippen MR) is 54.9 cm³/mol. The Kier molecular flexibility index (Phi) is 2.57. The van der Waals surface area contributed by atoms with Gasteiger partial charge >= 0.3 is 5.79 Å². The molecular weight excluding hydrogens is 223 g/mol. The van der Waals surface area contributed by atoms with Gasteiger partial charge in [0.1, 0.15) is 12.5 Å². The minimum atomic E-state index is -1.09. The Hall–Kier alpha value is -0.860. The fourth-order valence-corrected chi connectivity index (χ4v) is 1.78. The lowest BCUT2D eigenvalue weighted by Gasteiger charge is -2.28. The van der Waals surface area contributed by atoms with Crippen molar-refractivity contribution in [3.63, 3.8) is 0 Å². The fraction of sp³-hybridized carbons (Fsp3) is 0.200. The molecule has 1 aliphatic heterocycles. The number of ether oxygens (including phenoxy) is 2. The molecule has 1 aromatic rings. The Morgan fingerprint density at radius 1 is 1.00 bits per heavy atom. The van der Waals surface area contributed by atoms with E-state index in [1.807, 2.05) is 30.3 Å². The normalized spacial score (nSPS) is 17.9. The number of hydrogen-bond donors (Lipinski definition) is 0. The van der Waals surface area contributed by atoms with Gasteiger partial charge in [0, 0.05) is 5.56 Å². The molecule has 1 aromatic carbocycles. The van der Waals surface area contributed by atoms with Gasteiger partial charge in [-0.2, -0.15) is 0 Å². The monoisotopic (exact) mass is 230 g/mol. The molecule has 4 heteroatoms. The van der Waals surface area contributed by atoms with Crippen molar-refractivity contribution in [2.75, 3.05) is 0 Å². The third kappa shape index (κ3) is 1.45. The third-order valence-corrected chi connectivity index (χ3v) is 2.58. The van der Waals surface area contributed by atoms with Gasteiger partial charge in [-0.05, 0) is 0 Å². The van der Waals surface area contributed by atoms with Crippen molar-refractivity contribution in [2.24, 2.45) is 0 Å². The van der Waals surface area contributed by atoms with Gasteiger partial charge in [-0.3, -0.25) is 0 Å². The van der Waals surface area contributed by atoms with Crippen LogP contribution >= 0.6 is 23.2 Å². The van der Waals surface area contributed by atoms with Gasteiger partial charge < -0.3 is 9.47 Å². The van der Waals surface area contributed by atoms with E-state index in [9.17, 15) is 0 Å². The number of alkyl halides is 2. The van der Waals surface area contributed by atoms with Crippen LogP contribution in [0.25, 0.3) is 0 Å². The van der Waals surface area contributed by atoms with Crippen LogP contribution in [0.15, 0.2) is 42.9 Å². The van der Waals surface area contributed by atoms with Gasteiger partial charge in [-0.25, -0.2) is 0 Å². The van der Waals surface area contributed by atoms with Gasteiger partial charge in [0.25, 0.3) is 0 Å². The Morgan fingerprint density at radius 2 is 1.57 bits per heavy atom.